The molecule has 0 aliphatic heterocycles. The summed E-state index contributed by atoms with van der Waals surface area (Å²) in [4.78, 5) is 0.0996. The molecule has 0 aliphatic rings. The van der Waals surface area contributed by atoms with Gasteiger partial charge in [-0.05, 0) is 42.9 Å². The minimum atomic E-state index is -4.12. The lowest BCUT2D eigenvalue weighted by atomic mass is 9.97. The van der Waals surface area contributed by atoms with Crippen LogP contribution in [0.2, 0.25) is 0 Å². The second kappa shape index (κ2) is 8.42. The lowest BCUT2D eigenvalue weighted by molar-refractivity contribution is 0.481. The van der Waals surface area contributed by atoms with Crippen LogP contribution in [0.25, 0.3) is 0 Å². The summed E-state index contributed by atoms with van der Waals surface area (Å²) in [7, 11) is -4.12. The third-order valence-corrected chi connectivity index (χ3v) is 4.53. The summed E-state index contributed by atoms with van der Waals surface area (Å²) < 4.78 is 32.4. The molecule has 1 aromatic rings. The predicted molar refractivity (Wildman–Crippen MR) is 82.7 cm³/mol. The van der Waals surface area contributed by atoms with Gasteiger partial charge in [-0.25, -0.2) is 0 Å². The molecule has 0 saturated heterocycles. The first-order valence-corrected chi connectivity index (χ1v) is 9.03. The first-order valence-electron chi connectivity index (χ1n) is 7.59. The van der Waals surface area contributed by atoms with E-state index in [2.05, 4.69) is 13.8 Å². The van der Waals surface area contributed by atoms with Crippen molar-refractivity contribution in [2.45, 2.75) is 70.1 Å². The van der Waals surface area contributed by atoms with Gasteiger partial charge in [0.2, 0.25) is 0 Å². The molecule has 1 aromatic carbocycles. The van der Waals surface area contributed by atoms with Gasteiger partial charge in [0.05, 0.1) is 4.90 Å². The van der Waals surface area contributed by atoms with E-state index in [0.717, 1.165) is 56.1 Å². The molecule has 0 saturated carbocycles. The van der Waals surface area contributed by atoms with Crippen LogP contribution in [0.1, 0.15) is 63.5 Å². The summed E-state index contributed by atoms with van der Waals surface area (Å²) in [5.74, 6) is 0. The molecule has 0 unspecified atom stereocenters. The van der Waals surface area contributed by atoms with E-state index in [1.807, 2.05) is 6.07 Å². The van der Waals surface area contributed by atoms with Crippen LogP contribution in [0, 0.1) is 0 Å². The maximum absolute atomic E-state index is 11.5. The zero-order chi connectivity index (χ0) is 15.0. The molecule has 0 aliphatic carbocycles. The molecular weight excluding hydrogens is 272 g/mol. The Morgan fingerprint density at radius 2 is 1.65 bits per heavy atom. The SMILES string of the molecule is CCCCCCc1c(CCCC)cccc1S(=O)(=O)O. The largest absolute Gasteiger partial charge is 0.294 e. The van der Waals surface area contributed by atoms with Gasteiger partial charge in [0, 0.05) is 0 Å². The molecule has 1 N–H and O–H groups in total. The molecule has 3 nitrogen and oxygen atoms in total. The average molecular weight is 298 g/mol. The Morgan fingerprint density at radius 3 is 2.25 bits per heavy atom. The second-order valence-corrected chi connectivity index (χ2v) is 6.67. The molecule has 0 spiro atoms. The third kappa shape index (κ3) is 5.25. The zero-order valence-corrected chi connectivity index (χ0v) is 13.4. The van der Waals surface area contributed by atoms with E-state index in [1.165, 1.54) is 12.5 Å². The van der Waals surface area contributed by atoms with Gasteiger partial charge in [-0.15, -0.1) is 0 Å². The topological polar surface area (TPSA) is 54.4 Å². The molecule has 4 heteroatoms. The Morgan fingerprint density at radius 1 is 0.950 bits per heavy atom. The van der Waals surface area contributed by atoms with E-state index in [0.29, 0.717) is 0 Å². The van der Waals surface area contributed by atoms with Crippen molar-refractivity contribution in [1.29, 1.82) is 0 Å². The molecule has 0 radical (unpaired) electrons. The van der Waals surface area contributed by atoms with Crippen molar-refractivity contribution in [1.82, 2.24) is 0 Å². The van der Waals surface area contributed by atoms with E-state index >= 15 is 0 Å². The van der Waals surface area contributed by atoms with Gasteiger partial charge < -0.3 is 0 Å². The highest BCUT2D eigenvalue weighted by Crippen LogP contribution is 2.24. The zero-order valence-electron chi connectivity index (χ0n) is 12.6. The van der Waals surface area contributed by atoms with Crippen LogP contribution in [0.5, 0.6) is 0 Å². The fourth-order valence-electron chi connectivity index (χ4n) is 2.47. The summed E-state index contributed by atoms with van der Waals surface area (Å²) >= 11 is 0. The fourth-order valence-corrected chi connectivity index (χ4v) is 3.26. The maximum atomic E-state index is 11.5. The highest BCUT2D eigenvalue weighted by molar-refractivity contribution is 7.85. The second-order valence-electron chi connectivity index (χ2n) is 5.28. The number of hydrogen-bond acceptors (Lipinski definition) is 2. The van der Waals surface area contributed by atoms with Crippen LogP contribution >= 0.6 is 0 Å². The van der Waals surface area contributed by atoms with Crippen molar-refractivity contribution >= 4 is 10.1 Å². The molecule has 0 heterocycles. The molecule has 0 amide bonds. The summed E-state index contributed by atoms with van der Waals surface area (Å²) in [6, 6.07) is 5.23. The van der Waals surface area contributed by atoms with E-state index < -0.39 is 10.1 Å². The third-order valence-electron chi connectivity index (χ3n) is 3.59. The number of hydrogen-bond donors (Lipinski definition) is 1. The number of aryl methyl sites for hydroxylation is 1. The van der Waals surface area contributed by atoms with Crippen LogP contribution in [0.4, 0.5) is 0 Å². The average Bonchev–Trinajstić information content (AvgIpc) is 2.40. The maximum Gasteiger partial charge on any atom is 0.294 e. The van der Waals surface area contributed by atoms with Crippen LogP contribution in [-0.2, 0) is 23.0 Å². The van der Waals surface area contributed by atoms with Crippen LogP contribution in [0.15, 0.2) is 23.1 Å². The number of benzene rings is 1. The van der Waals surface area contributed by atoms with E-state index in [9.17, 15) is 13.0 Å². The smallest absolute Gasteiger partial charge is 0.282 e. The van der Waals surface area contributed by atoms with Gasteiger partial charge in [0.15, 0.2) is 0 Å². The van der Waals surface area contributed by atoms with Gasteiger partial charge in [-0.3, -0.25) is 4.55 Å². The van der Waals surface area contributed by atoms with Crippen molar-refractivity contribution in [2.75, 3.05) is 0 Å². The lowest BCUT2D eigenvalue weighted by Crippen LogP contribution is -2.07. The minimum absolute atomic E-state index is 0.0996. The highest BCUT2D eigenvalue weighted by atomic mass is 32.2. The Bertz CT molecular complexity index is 506. The number of unbranched alkanes of at least 4 members (excludes halogenated alkanes) is 4. The minimum Gasteiger partial charge on any atom is -0.282 e. The van der Waals surface area contributed by atoms with Crippen LogP contribution < -0.4 is 0 Å². The molecule has 0 aromatic heterocycles. The van der Waals surface area contributed by atoms with E-state index in [-0.39, 0.29) is 4.90 Å². The fraction of sp³-hybridized carbons (Fsp3) is 0.625. The Hall–Kier alpha value is -0.870. The lowest BCUT2D eigenvalue weighted by Gasteiger charge is -2.13. The monoisotopic (exact) mass is 298 g/mol. The summed E-state index contributed by atoms with van der Waals surface area (Å²) in [5.41, 5.74) is 1.89. The Kier molecular flexibility index (Phi) is 7.24. The standard InChI is InChI=1S/C16H26O3S/c1-3-5-7-8-12-15-14(10-6-4-2)11-9-13-16(15)20(17,18)19/h9,11,13H,3-8,10,12H2,1-2H3,(H,17,18,19). The highest BCUT2D eigenvalue weighted by Gasteiger charge is 2.17. The first kappa shape index (κ1) is 17.2. The molecule has 20 heavy (non-hydrogen) atoms. The normalized spacial score (nSPS) is 11.8. The molecular formula is C16H26O3S. The van der Waals surface area contributed by atoms with Crippen molar-refractivity contribution in [2.24, 2.45) is 0 Å². The van der Waals surface area contributed by atoms with Gasteiger partial charge in [0.1, 0.15) is 0 Å². The van der Waals surface area contributed by atoms with Gasteiger partial charge >= 0.3 is 0 Å². The summed E-state index contributed by atoms with van der Waals surface area (Å²) in [6.45, 7) is 4.27. The molecule has 0 bridgehead atoms. The number of rotatable bonds is 9. The summed E-state index contributed by atoms with van der Waals surface area (Å²) in [6.07, 6.45) is 8.12. The molecule has 114 valence electrons. The van der Waals surface area contributed by atoms with E-state index in [4.69, 9.17) is 0 Å². The Labute approximate surface area is 123 Å². The van der Waals surface area contributed by atoms with Gasteiger partial charge in [-0.1, -0.05) is 51.7 Å². The van der Waals surface area contributed by atoms with Crippen molar-refractivity contribution in [3.05, 3.63) is 29.3 Å². The quantitative estimate of drug-likeness (QED) is 0.543. The van der Waals surface area contributed by atoms with Gasteiger partial charge in [0.25, 0.3) is 10.1 Å². The van der Waals surface area contributed by atoms with Crippen molar-refractivity contribution in [3.8, 4) is 0 Å². The van der Waals surface area contributed by atoms with Crippen molar-refractivity contribution in [3.63, 3.8) is 0 Å². The first-order chi connectivity index (χ1) is 9.50. The predicted octanol–water partition coefficient (Wildman–Crippen LogP) is 4.40. The van der Waals surface area contributed by atoms with Crippen molar-refractivity contribution < 1.29 is 13.0 Å². The Balaban J connectivity index is 2.99. The molecule has 0 fully saturated rings. The summed E-state index contributed by atoms with van der Waals surface area (Å²) in [5, 5.41) is 0. The van der Waals surface area contributed by atoms with Crippen LogP contribution in [0.3, 0.4) is 0 Å². The van der Waals surface area contributed by atoms with E-state index in [1.54, 1.807) is 6.07 Å². The van der Waals surface area contributed by atoms with Crippen LogP contribution in [-0.4, -0.2) is 13.0 Å². The molecule has 0 atom stereocenters. The van der Waals surface area contributed by atoms with Gasteiger partial charge in [-0.2, -0.15) is 8.42 Å². The molecule has 1 rings (SSSR count).